The van der Waals surface area contributed by atoms with E-state index < -0.39 is 17.5 Å². The van der Waals surface area contributed by atoms with Crippen molar-refractivity contribution in [1.29, 1.82) is 0 Å². The highest BCUT2D eigenvalue weighted by Crippen LogP contribution is 2.24. The lowest BCUT2D eigenvalue weighted by atomic mass is 10.1. The van der Waals surface area contributed by atoms with E-state index in [-0.39, 0.29) is 12.0 Å². The number of nitrogens with zero attached hydrogens (tertiary/aromatic N) is 2. The van der Waals surface area contributed by atoms with Gasteiger partial charge in [-0.25, -0.2) is 13.8 Å². The average Bonchev–Trinajstić information content (AvgIpc) is 3.00. The van der Waals surface area contributed by atoms with Crippen LogP contribution in [0.3, 0.4) is 0 Å². The van der Waals surface area contributed by atoms with Crippen LogP contribution in [-0.4, -0.2) is 15.9 Å². The summed E-state index contributed by atoms with van der Waals surface area (Å²) >= 11 is 1.24. The fourth-order valence-electron chi connectivity index (χ4n) is 2.01. The fraction of sp³-hybridized carbons (Fsp3) is 0.0625. The van der Waals surface area contributed by atoms with E-state index in [1.165, 1.54) is 17.4 Å². The Labute approximate surface area is 134 Å². The molecule has 23 heavy (non-hydrogen) atoms. The first-order valence-electron chi connectivity index (χ1n) is 6.72. The smallest absolute Gasteiger partial charge is 0.230 e. The van der Waals surface area contributed by atoms with Gasteiger partial charge in [0.05, 0.1) is 12.1 Å². The van der Waals surface area contributed by atoms with Crippen LogP contribution in [0.1, 0.15) is 5.56 Å². The third-order valence-electron chi connectivity index (χ3n) is 3.13. The highest BCUT2D eigenvalue weighted by Gasteiger charge is 2.14. The number of thiazole rings is 1. The van der Waals surface area contributed by atoms with Crippen molar-refractivity contribution in [2.24, 2.45) is 0 Å². The number of carbonyl (C=O) groups excluding carboxylic acids is 1. The van der Waals surface area contributed by atoms with Gasteiger partial charge in [0.25, 0.3) is 0 Å². The monoisotopic (exact) mass is 331 g/mol. The molecule has 0 saturated heterocycles. The molecule has 7 heteroatoms. The molecule has 1 aromatic carbocycles. The van der Waals surface area contributed by atoms with Crippen LogP contribution in [0.25, 0.3) is 11.3 Å². The topological polar surface area (TPSA) is 54.9 Å². The average molecular weight is 331 g/mol. The summed E-state index contributed by atoms with van der Waals surface area (Å²) in [6, 6.07) is 7.10. The minimum atomic E-state index is -0.739. The number of carbonyl (C=O) groups is 1. The third kappa shape index (κ3) is 3.57. The van der Waals surface area contributed by atoms with Gasteiger partial charge in [0, 0.05) is 28.9 Å². The zero-order chi connectivity index (χ0) is 16.2. The van der Waals surface area contributed by atoms with E-state index in [1.54, 1.807) is 29.9 Å². The van der Waals surface area contributed by atoms with Crippen LogP contribution in [0.2, 0.25) is 0 Å². The van der Waals surface area contributed by atoms with Crippen molar-refractivity contribution in [3.8, 4) is 11.3 Å². The number of nitrogens with one attached hydrogen (secondary N) is 1. The number of aromatic nitrogens is 2. The predicted octanol–water partition coefficient (Wildman–Crippen LogP) is 3.66. The Bertz CT molecular complexity index is 816. The summed E-state index contributed by atoms with van der Waals surface area (Å²) in [7, 11) is 0. The lowest BCUT2D eigenvalue weighted by Crippen LogP contribution is -2.16. The van der Waals surface area contributed by atoms with E-state index in [0.717, 1.165) is 17.7 Å². The van der Waals surface area contributed by atoms with Gasteiger partial charge in [0.2, 0.25) is 5.91 Å². The van der Waals surface area contributed by atoms with Crippen LogP contribution in [0.4, 0.5) is 13.9 Å². The molecular weight excluding hydrogens is 320 g/mol. The van der Waals surface area contributed by atoms with E-state index in [2.05, 4.69) is 15.3 Å². The Balaban J connectivity index is 1.70. The van der Waals surface area contributed by atoms with Crippen LogP contribution in [0.15, 0.2) is 48.1 Å². The maximum atomic E-state index is 13.5. The predicted molar refractivity (Wildman–Crippen MR) is 84.0 cm³/mol. The standard InChI is InChI=1S/C16H11F2N3OS/c17-12-2-1-3-13(18)11(12)8-15(22)21-16-20-14(9-23-16)10-4-6-19-7-5-10/h1-7,9H,8H2,(H,20,21,22). The quantitative estimate of drug-likeness (QED) is 0.794. The highest BCUT2D eigenvalue weighted by atomic mass is 32.1. The van der Waals surface area contributed by atoms with Gasteiger partial charge in [0.15, 0.2) is 5.13 Å². The van der Waals surface area contributed by atoms with E-state index in [4.69, 9.17) is 0 Å². The maximum absolute atomic E-state index is 13.5. The summed E-state index contributed by atoms with van der Waals surface area (Å²) in [5.41, 5.74) is 1.32. The molecular formula is C16H11F2N3OS. The van der Waals surface area contributed by atoms with E-state index in [9.17, 15) is 13.6 Å². The van der Waals surface area contributed by atoms with Crippen molar-refractivity contribution in [2.75, 3.05) is 5.32 Å². The first-order chi connectivity index (χ1) is 11.1. The van der Waals surface area contributed by atoms with Crippen molar-refractivity contribution in [2.45, 2.75) is 6.42 Å². The summed E-state index contributed by atoms with van der Waals surface area (Å²) in [5, 5.41) is 4.71. The molecule has 4 nitrogen and oxygen atoms in total. The molecule has 0 bridgehead atoms. The second-order valence-electron chi connectivity index (χ2n) is 4.70. The summed E-state index contributed by atoms with van der Waals surface area (Å²) in [5.74, 6) is -2.00. The third-order valence-corrected chi connectivity index (χ3v) is 3.88. The number of hydrogen-bond acceptors (Lipinski definition) is 4. The summed E-state index contributed by atoms with van der Waals surface area (Å²) in [4.78, 5) is 20.1. The number of pyridine rings is 1. The molecule has 0 aliphatic carbocycles. The Morgan fingerprint density at radius 2 is 1.83 bits per heavy atom. The number of anilines is 1. The number of amides is 1. The SMILES string of the molecule is O=C(Cc1c(F)cccc1F)Nc1nc(-c2ccncc2)cs1. The number of halogens is 2. The molecule has 0 aliphatic rings. The van der Waals surface area contributed by atoms with Crippen LogP contribution in [0, 0.1) is 11.6 Å². The van der Waals surface area contributed by atoms with Gasteiger partial charge in [-0.2, -0.15) is 0 Å². The van der Waals surface area contributed by atoms with Crippen LogP contribution in [-0.2, 0) is 11.2 Å². The molecule has 0 fully saturated rings. The van der Waals surface area contributed by atoms with Crippen molar-refractivity contribution in [1.82, 2.24) is 9.97 Å². The molecule has 0 spiro atoms. The molecule has 116 valence electrons. The lowest BCUT2D eigenvalue weighted by molar-refractivity contribution is -0.115. The Hall–Kier alpha value is -2.67. The molecule has 2 heterocycles. The Morgan fingerprint density at radius 3 is 2.52 bits per heavy atom. The van der Waals surface area contributed by atoms with E-state index in [0.29, 0.717) is 10.8 Å². The number of rotatable bonds is 4. The maximum Gasteiger partial charge on any atom is 0.230 e. The van der Waals surface area contributed by atoms with Crippen LogP contribution in [0.5, 0.6) is 0 Å². The minimum Gasteiger partial charge on any atom is -0.302 e. The minimum absolute atomic E-state index is 0.254. The molecule has 3 aromatic rings. The second-order valence-corrected chi connectivity index (χ2v) is 5.56. The largest absolute Gasteiger partial charge is 0.302 e. The van der Waals surface area contributed by atoms with Crippen molar-refractivity contribution in [3.63, 3.8) is 0 Å². The molecule has 0 aliphatic heterocycles. The molecule has 1 amide bonds. The van der Waals surface area contributed by atoms with Crippen molar-refractivity contribution < 1.29 is 13.6 Å². The van der Waals surface area contributed by atoms with Crippen molar-refractivity contribution in [3.05, 3.63) is 65.3 Å². The van der Waals surface area contributed by atoms with Gasteiger partial charge in [-0.05, 0) is 24.3 Å². The molecule has 0 unspecified atom stereocenters. The second kappa shape index (κ2) is 6.62. The van der Waals surface area contributed by atoms with Gasteiger partial charge in [-0.1, -0.05) is 6.07 Å². The zero-order valence-corrected chi connectivity index (χ0v) is 12.6. The molecule has 0 atom stereocenters. The molecule has 3 rings (SSSR count). The van der Waals surface area contributed by atoms with Crippen LogP contribution < -0.4 is 5.32 Å². The highest BCUT2D eigenvalue weighted by molar-refractivity contribution is 7.14. The molecule has 1 N–H and O–H groups in total. The van der Waals surface area contributed by atoms with E-state index in [1.807, 2.05) is 0 Å². The zero-order valence-electron chi connectivity index (χ0n) is 11.8. The Kier molecular flexibility index (Phi) is 4.38. The van der Waals surface area contributed by atoms with Gasteiger partial charge in [-0.15, -0.1) is 11.3 Å². The first-order valence-corrected chi connectivity index (χ1v) is 7.60. The van der Waals surface area contributed by atoms with Gasteiger partial charge in [-0.3, -0.25) is 9.78 Å². The fourth-order valence-corrected chi connectivity index (χ4v) is 2.75. The molecule has 0 radical (unpaired) electrons. The van der Waals surface area contributed by atoms with Gasteiger partial charge in [0.1, 0.15) is 11.6 Å². The van der Waals surface area contributed by atoms with Gasteiger partial charge >= 0.3 is 0 Å². The molecule has 2 aromatic heterocycles. The Morgan fingerprint density at radius 1 is 1.13 bits per heavy atom. The summed E-state index contributed by atoms with van der Waals surface area (Å²) < 4.78 is 27.1. The van der Waals surface area contributed by atoms with E-state index >= 15 is 0 Å². The summed E-state index contributed by atoms with van der Waals surface area (Å²) in [6.07, 6.45) is 2.91. The number of benzene rings is 1. The number of hydrogen-bond donors (Lipinski definition) is 1. The summed E-state index contributed by atoms with van der Waals surface area (Å²) in [6.45, 7) is 0. The van der Waals surface area contributed by atoms with Crippen LogP contribution >= 0.6 is 11.3 Å². The first kappa shape index (κ1) is 15.2. The van der Waals surface area contributed by atoms with Gasteiger partial charge < -0.3 is 5.32 Å². The normalized spacial score (nSPS) is 10.5. The molecule has 0 saturated carbocycles. The lowest BCUT2D eigenvalue weighted by Gasteiger charge is -2.04. The van der Waals surface area contributed by atoms with Crippen molar-refractivity contribution >= 4 is 22.4 Å².